The highest BCUT2D eigenvalue weighted by Gasteiger charge is 2.11. The Hall–Kier alpha value is -1.28. The van der Waals surface area contributed by atoms with Crippen LogP contribution in [-0.2, 0) is 13.1 Å². The first-order chi connectivity index (χ1) is 9.85. The highest BCUT2D eigenvalue weighted by molar-refractivity contribution is 5.80. The molecule has 0 aliphatic heterocycles. The zero-order valence-electron chi connectivity index (χ0n) is 14.2. The Bertz CT molecular complexity index is 573. The van der Waals surface area contributed by atoms with Crippen LogP contribution in [0, 0.1) is 11.3 Å². The summed E-state index contributed by atoms with van der Waals surface area (Å²) in [7, 11) is 0. The second-order valence-electron chi connectivity index (χ2n) is 7.74. The van der Waals surface area contributed by atoms with Crippen LogP contribution >= 0.6 is 0 Å². The Labute approximate surface area is 129 Å². The normalized spacial score (nSPS) is 12.5. The summed E-state index contributed by atoms with van der Waals surface area (Å²) in [6.07, 6.45) is 3.43. The number of nitrogens with one attached hydrogen (secondary N) is 1. The predicted molar refractivity (Wildman–Crippen MR) is 92.6 cm³/mol. The molecule has 2 aromatic rings. The molecule has 2 nitrogen and oxygen atoms in total. The van der Waals surface area contributed by atoms with E-state index in [1.807, 2.05) is 0 Å². The molecule has 2 heteroatoms. The first-order valence-corrected chi connectivity index (χ1v) is 8.14. The molecular weight excluding hydrogens is 256 g/mol. The Morgan fingerprint density at radius 3 is 2.57 bits per heavy atom. The lowest BCUT2D eigenvalue weighted by atomic mass is 9.92. The molecule has 116 valence electrons. The highest BCUT2D eigenvalue weighted by atomic mass is 14.9. The Balaban J connectivity index is 2.04. The van der Waals surface area contributed by atoms with Crippen molar-refractivity contribution in [2.45, 2.75) is 54.1 Å². The predicted octanol–water partition coefficient (Wildman–Crippen LogP) is 4.82. The van der Waals surface area contributed by atoms with Crippen LogP contribution in [0.5, 0.6) is 0 Å². The first-order valence-electron chi connectivity index (χ1n) is 8.14. The molecule has 0 fully saturated rings. The van der Waals surface area contributed by atoms with E-state index in [2.05, 4.69) is 75.0 Å². The zero-order valence-corrected chi connectivity index (χ0v) is 14.2. The van der Waals surface area contributed by atoms with Crippen molar-refractivity contribution in [1.29, 1.82) is 0 Å². The fraction of sp³-hybridized carbons (Fsp3) is 0.579. The lowest BCUT2D eigenvalue weighted by Gasteiger charge is -2.18. The van der Waals surface area contributed by atoms with E-state index in [0.717, 1.165) is 19.6 Å². The van der Waals surface area contributed by atoms with Gasteiger partial charge in [-0.2, -0.15) is 0 Å². The second-order valence-corrected chi connectivity index (χ2v) is 7.74. The molecule has 0 bridgehead atoms. The molecule has 21 heavy (non-hydrogen) atoms. The zero-order chi connectivity index (χ0) is 15.5. The van der Waals surface area contributed by atoms with Crippen LogP contribution in [0.1, 0.15) is 46.6 Å². The van der Waals surface area contributed by atoms with Crippen LogP contribution in [0.2, 0.25) is 0 Å². The number of benzene rings is 1. The van der Waals surface area contributed by atoms with Gasteiger partial charge >= 0.3 is 0 Å². The number of hydrogen-bond donors (Lipinski definition) is 1. The molecule has 1 heterocycles. The van der Waals surface area contributed by atoms with Gasteiger partial charge in [0.1, 0.15) is 0 Å². The van der Waals surface area contributed by atoms with E-state index in [1.165, 1.54) is 22.9 Å². The average Bonchev–Trinajstić information content (AvgIpc) is 2.77. The minimum atomic E-state index is 0.386. The fourth-order valence-electron chi connectivity index (χ4n) is 2.52. The monoisotopic (exact) mass is 286 g/mol. The summed E-state index contributed by atoms with van der Waals surface area (Å²) in [4.78, 5) is 0. The topological polar surface area (TPSA) is 17.0 Å². The molecule has 0 unspecified atom stereocenters. The van der Waals surface area contributed by atoms with E-state index in [-0.39, 0.29) is 0 Å². The molecule has 0 aliphatic rings. The molecule has 1 aromatic carbocycles. The van der Waals surface area contributed by atoms with Gasteiger partial charge in [0.15, 0.2) is 0 Å². The van der Waals surface area contributed by atoms with Gasteiger partial charge in [0, 0.05) is 24.8 Å². The summed E-state index contributed by atoms with van der Waals surface area (Å²) in [5.74, 6) is 0.701. The van der Waals surface area contributed by atoms with Gasteiger partial charge in [-0.3, -0.25) is 0 Å². The van der Waals surface area contributed by atoms with E-state index < -0.39 is 0 Å². The molecule has 1 N–H and O–H groups in total. The Kier molecular flexibility index (Phi) is 5.10. The summed E-state index contributed by atoms with van der Waals surface area (Å²) in [5, 5.41) is 4.87. The van der Waals surface area contributed by atoms with Crippen molar-refractivity contribution in [3.8, 4) is 0 Å². The van der Waals surface area contributed by atoms with Crippen molar-refractivity contribution in [1.82, 2.24) is 9.88 Å². The van der Waals surface area contributed by atoms with Gasteiger partial charge in [-0.15, -0.1) is 0 Å². The van der Waals surface area contributed by atoms with Gasteiger partial charge in [0.25, 0.3) is 0 Å². The van der Waals surface area contributed by atoms with Crippen LogP contribution in [0.4, 0.5) is 0 Å². The Morgan fingerprint density at radius 2 is 1.90 bits per heavy atom. The third-order valence-electron chi connectivity index (χ3n) is 3.82. The summed E-state index contributed by atoms with van der Waals surface area (Å²) in [6, 6.07) is 9.08. The van der Waals surface area contributed by atoms with E-state index in [0.29, 0.717) is 11.3 Å². The number of hydrogen-bond acceptors (Lipinski definition) is 1. The maximum Gasteiger partial charge on any atom is 0.0480 e. The minimum Gasteiger partial charge on any atom is -0.347 e. The third-order valence-corrected chi connectivity index (χ3v) is 3.82. The maximum absolute atomic E-state index is 3.51. The van der Waals surface area contributed by atoms with Crippen LogP contribution < -0.4 is 5.32 Å². The smallest absolute Gasteiger partial charge is 0.0480 e. The van der Waals surface area contributed by atoms with E-state index >= 15 is 0 Å². The molecule has 0 saturated heterocycles. The van der Waals surface area contributed by atoms with Gasteiger partial charge in [-0.05, 0) is 53.4 Å². The quantitative estimate of drug-likeness (QED) is 0.805. The van der Waals surface area contributed by atoms with E-state index in [9.17, 15) is 0 Å². The Morgan fingerprint density at radius 1 is 1.14 bits per heavy atom. The number of fused-ring (bicyclic) bond motifs is 1. The number of aryl methyl sites for hydroxylation is 1. The molecule has 1 aromatic heterocycles. The van der Waals surface area contributed by atoms with Crippen molar-refractivity contribution in [2.24, 2.45) is 11.3 Å². The van der Waals surface area contributed by atoms with Gasteiger partial charge in [0.2, 0.25) is 0 Å². The van der Waals surface area contributed by atoms with Crippen LogP contribution in [0.25, 0.3) is 10.9 Å². The molecule has 0 amide bonds. The van der Waals surface area contributed by atoms with E-state index in [1.54, 1.807) is 0 Å². The lowest BCUT2D eigenvalue weighted by Crippen LogP contribution is -2.18. The van der Waals surface area contributed by atoms with Crippen LogP contribution in [0.15, 0.2) is 30.5 Å². The molecule has 0 aliphatic carbocycles. The molecular formula is C19H30N2. The van der Waals surface area contributed by atoms with Crippen molar-refractivity contribution in [3.05, 3.63) is 36.0 Å². The maximum atomic E-state index is 3.51. The first kappa shape index (κ1) is 16.1. The number of rotatable bonds is 6. The molecule has 0 atom stereocenters. The minimum absolute atomic E-state index is 0.386. The van der Waals surface area contributed by atoms with Gasteiger partial charge in [-0.25, -0.2) is 0 Å². The largest absolute Gasteiger partial charge is 0.347 e. The fourth-order valence-corrected chi connectivity index (χ4v) is 2.52. The van der Waals surface area contributed by atoms with Crippen molar-refractivity contribution < 1.29 is 0 Å². The second kappa shape index (κ2) is 6.65. The van der Waals surface area contributed by atoms with E-state index in [4.69, 9.17) is 0 Å². The summed E-state index contributed by atoms with van der Waals surface area (Å²) in [6.45, 7) is 14.5. The number of aromatic nitrogens is 1. The third kappa shape index (κ3) is 4.89. The standard InChI is InChI=1S/C19H30N2/c1-15(2)13-20-14-16-6-7-18-17(12-16)8-10-21(18)11-9-19(3,4)5/h6-8,10,12,15,20H,9,11,13-14H2,1-5H3. The van der Waals surface area contributed by atoms with Gasteiger partial charge in [-0.1, -0.05) is 40.7 Å². The van der Waals surface area contributed by atoms with Crippen molar-refractivity contribution in [2.75, 3.05) is 6.54 Å². The highest BCUT2D eigenvalue weighted by Crippen LogP contribution is 2.23. The molecule has 0 saturated carbocycles. The SMILES string of the molecule is CC(C)CNCc1ccc2c(ccn2CCC(C)(C)C)c1. The summed E-state index contributed by atoms with van der Waals surface area (Å²) >= 11 is 0. The molecule has 0 radical (unpaired) electrons. The van der Waals surface area contributed by atoms with Crippen molar-refractivity contribution >= 4 is 10.9 Å². The van der Waals surface area contributed by atoms with Gasteiger partial charge < -0.3 is 9.88 Å². The average molecular weight is 286 g/mol. The van der Waals surface area contributed by atoms with Crippen LogP contribution in [0.3, 0.4) is 0 Å². The molecule has 2 rings (SSSR count). The van der Waals surface area contributed by atoms with Gasteiger partial charge in [0.05, 0.1) is 0 Å². The van der Waals surface area contributed by atoms with Crippen molar-refractivity contribution in [3.63, 3.8) is 0 Å². The number of nitrogens with zero attached hydrogens (tertiary/aromatic N) is 1. The summed E-state index contributed by atoms with van der Waals surface area (Å²) in [5.41, 5.74) is 3.11. The lowest BCUT2D eigenvalue weighted by molar-refractivity contribution is 0.353. The summed E-state index contributed by atoms with van der Waals surface area (Å²) < 4.78 is 2.38. The van der Waals surface area contributed by atoms with Crippen LogP contribution in [-0.4, -0.2) is 11.1 Å². The molecule has 0 spiro atoms.